The zero-order valence-corrected chi connectivity index (χ0v) is 17.1. The molecule has 2 aromatic carbocycles. The van der Waals surface area contributed by atoms with Gasteiger partial charge in [0.05, 0.1) is 19.0 Å². The summed E-state index contributed by atoms with van der Waals surface area (Å²) in [5, 5.41) is 8.61. The van der Waals surface area contributed by atoms with Gasteiger partial charge in [0.15, 0.2) is 0 Å². The Bertz CT molecular complexity index is 833. The number of amides is 3. The molecule has 3 amide bonds. The Labute approximate surface area is 177 Å². The molecule has 1 aliphatic rings. The average molecular weight is 408 g/mol. The van der Waals surface area contributed by atoms with Crippen molar-refractivity contribution in [3.05, 3.63) is 71.8 Å². The molecule has 6 nitrogen and oxygen atoms in total. The van der Waals surface area contributed by atoms with E-state index in [9.17, 15) is 14.4 Å². The summed E-state index contributed by atoms with van der Waals surface area (Å²) in [6.07, 6.45) is 5.55. The molecule has 2 aromatic rings. The Morgan fingerprint density at radius 1 is 0.833 bits per heavy atom. The van der Waals surface area contributed by atoms with Gasteiger partial charge in [-0.15, -0.1) is 0 Å². The maximum atomic E-state index is 12.6. The Morgan fingerprint density at radius 3 is 2.13 bits per heavy atom. The molecule has 0 heterocycles. The van der Waals surface area contributed by atoms with Gasteiger partial charge >= 0.3 is 0 Å². The van der Waals surface area contributed by atoms with Crippen molar-refractivity contribution < 1.29 is 14.4 Å². The van der Waals surface area contributed by atoms with Crippen LogP contribution < -0.4 is 16.0 Å². The lowest BCUT2D eigenvalue weighted by molar-refractivity contribution is -0.126. The summed E-state index contributed by atoms with van der Waals surface area (Å²) in [6, 6.07) is 18.0. The first-order valence-corrected chi connectivity index (χ1v) is 10.6. The summed E-state index contributed by atoms with van der Waals surface area (Å²) < 4.78 is 0. The van der Waals surface area contributed by atoms with Crippen molar-refractivity contribution in [1.29, 1.82) is 0 Å². The Hall–Kier alpha value is -3.15. The molecule has 0 saturated heterocycles. The van der Waals surface area contributed by atoms with Crippen LogP contribution in [0.25, 0.3) is 0 Å². The van der Waals surface area contributed by atoms with Gasteiger partial charge in [0.25, 0.3) is 5.91 Å². The van der Waals surface area contributed by atoms with Crippen LogP contribution in [0, 0.1) is 0 Å². The number of benzene rings is 2. The molecule has 0 bridgehead atoms. The molecule has 1 aliphatic carbocycles. The molecular formula is C24H29N3O3. The average Bonchev–Trinajstić information content (AvgIpc) is 2.79. The molecule has 0 spiro atoms. The maximum Gasteiger partial charge on any atom is 0.251 e. The minimum Gasteiger partial charge on any atom is -0.352 e. The fraction of sp³-hybridized carbons (Fsp3) is 0.375. The third-order valence-corrected chi connectivity index (χ3v) is 5.35. The van der Waals surface area contributed by atoms with Crippen molar-refractivity contribution >= 4 is 17.7 Å². The van der Waals surface area contributed by atoms with Crippen LogP contribution in [0.5, 0.6) is 0 Å². The van der Waals surface area contributed by atoms with Crippen LogP contribution in [0.15, 0.2) is 60.7 Å². The number of rotatable bonds is 8. The molecule has 30 heavy (non-hydrogen) atoms. The fourth-order valence-corrected chi connectivity index (χ4v) is 3.73. The second-order valence-corrected chi connectivity index (χ2v) is 7.69. The molecule has 0 unspecified atom stereocenters. The lowest BCUT2D eigenvalue weighted by atomic mass is 9.95. The normalized spacial score (nSPS) is 15.1. The van der Waals surface area contributed by atoms with Gasteiger partial charge in [-0.05, 0) is 30.5 Å². The first kappa shape index (κ1) is 21.6. The van der Waals surface area contributed by atoms with Crippen LogP contribution in [-0.4, -0.2) is 30.3 Å². The number of carbonyl (C=O) groups is 3. The molecule has 3 N–H and O–H groups in total. The molecule has 158 valence electrons. The van der Waals surface area contributed by atoms with Crippen LogP contribution >= 0.6 is 0 Å². The molecule has 3 rings (SSSR count). The summed E-state index contributed by atoms with van der Waals surface area (Å²) in [4.78, 5) is 37.2. The van der Waals surface area contributed by atoms with Gasteiger partial charge < -0.3 is 16.0 Å². The monoisotopic (exact) mass is 407 g/mol. The van der Waals surface area contributed by atoms with Gasteiger partial charge in [-0.25, -0.2) is 0 Å². The number of hydrogen-bond donors (Lipinski definition) is 3. The highest BCUT2D eigenvalue weighted by atomic mass is 16.2. The predicted octanol–water partition coefficient (Wildman–Crippen LogP) is 3.11. The molecule has 6 heteroatoms. The molecular weight excluding hydrogens is 378 g/mol. The molecule has 1 saturated carbocycles. The van der Waals surface area contributed by atoms with Gasteiger partial charge in [0.1, 0.15) is 0 Å². The van der Waals surface area contributed by atoms with E-state index in [-0.39, 0.29) is 36.7 Å². The lowest BCUT2D eigenvalue weighted by Gasteiger charge is -2.23. The Morgan fingerprint density at radius 2 is 1.47 bits per heavy atom. The zero-order valence-electron chi connectivity index (χ0n) is 17.1. The maximum absolute atomic E-state index is 12.6. The Balaban J connectivity index is 1.55. The van der Waals surface area contributed by atoms with Crippen molar-refractivity contribution in [2.75, 3.05) is 6.54 Å². The van der Waals surface area contributed by atoms with Gasteiger partial charge in [-0.1, -0.05) is 67.8 Å². The number of nitrogens with one attached hydrogen (secondary N) is 3. The number of carbonyl (C=O) groups excluding carboxylic acids is 3. The van der Waals surface area contributed by atoms with Crippen molar-refractivity contribution in [2.24, 2.45) is 0 Å². The smallest absolute Gasteiger partial charge is 0.251 e. The van der Waals surface area contributed by atoms with E-state index in [4.69, 9.17) is 0 Å². The molecule has 0 radical (unpaired) electrons. The van der Waals surface area contributed by atoms with E-state index in [0.717, 1.165) is 31.2 Å². The standard InChI is InChI=1S/C24H29N3O3/c28-22(25-17-23(29)26-20-14-8-3-9-15-20)16-21(18-10-4-1-5-11-18)27-24(30)19-12-6-2-7-13-19/h1-2,4-7,10-13,20-21H,3,8-9,14-17H2,(H,25,28)(H,26,29)(H,27,30)/t21-/m1/s1. The second kappa shape index (κ2) is 11.1. The van der Waals surface area contributed by atoms with Crippen molar-refractivity contribution in [3.8, 4) is 0 Å². The van der Waals surface area contributed by atoms with Crippen molar-refractivity contribution in [3.63, 3.8) is 0 Å². The van der Waals surface area contributed by atoms with Gasteiger partial charge in [0.2, 0.25) is 11.8 Å². The zero-order chi connectivity index (χ0) is 21.2. The van der Waals surface area contributed by atoms with Crippen LogP contribution in [-0.2, 0) is 9.59 Å². The van der Waals surface area contributed by atoms with E-state index >= 15 is 0 Å². The summed E-state index contributed by atoms with van der Waals surface area (Å²) in [5.41, 5.74) is 1.37. The highest BCUT2D eigenvalue weighted by molar-refractivity contribution is 5.94. The third-order valence-electron chi connectivity index (χ3n) is 5.35. The van der Waals surface area contributed by atoms with Crippen LogP contribution in [0.4, 0.5) is 0 Å². The van der Waals surface area contributed by atoms with E-state index in [2.05, 4.69) is 16.0 Å². The SMILES string of the molecule is O=C(C[C@@H](NC(=O)c1ccccc1)c1ccccc1)NCC(=O)NC1CCCCC1. The molecule has 0 aromatic heterocycles. The topological polar surface area (TPSA) is 87.3 Å². The largest absolute Gasteiger partial charge is 0.352 e. The van der Waals surface area contributed by atoms with Crippen molar-refractivity contribution in [2.45, 2.75) is 50.6 Å². The van der Waals surface area contributed by atoms with E-state index in [1.54, 1.807) is 24.3 Å². The highest BCUT2D eigenvalue weighted by Crippen LogP contribution is 2.18. The first-order chi connectivity index (χ1) is 14.6. The van der Waals surface area contributed by atoms with E-state index in [0.29, 0.717) is 5.56 Å². The summed E-state index contributed by atoms with van der Waals surface area (Å²) in [6.45, 7) is -0.0521. The predicted molar refractivity (Wildman–Crippen MR) is 116 cm³/mol. The van der Waals surface area contributed by atoms with E-state index < -0.39 is 6.04 Å². The van der Waals surface area contributed by atoms with Gasteiger partial charge in [0, 0.05) is 11.6 Å². The molecule has 0 aliphatic heterocycles. The highest BCUT2D eigenvalue weighted by Gasteiger charge is 2.20. The quantitative estimate of drug-likeness (QED) is 0.628. The summed E-state index contributed by atoms with van der Waals surface area (Å²) in [5.74, 6) is -0.692. The van der Waals surface area contributed by atoms with E-state index in [1.165, 1.54) is 6.42 Å². The van der Waals surface area contributed by atoms with E-state index in [1.807, 2.05) is 36.4 Å². The minimum absolute atomic E-state index is 0.0521. The minimum atomic E-state index is -0.486. The van der Waals surface area contributed by atoms with Gasteiger partial charge in [-0.3, -0.25) is 14.4 Å². The Kier molecular flexibility index (Phi) is 8.01. The second-order valence-electron chi connectivity index (χ2n) is 7.69. The van der Waals surface area contributed by atoms with Crippen LogP contribution in [0.2, 0.25) is 0 Å². The first-order valence-electron chi connectivity index (χ1n) is 10.6. The number of hydrogen-bond acceptors (Lipinski definition) is 3. The summed E-state index contributed by atoms with van der Waals surface area (Å²) in [7, 11) is 0. The summed E-state index contributed by atoms with van der Waals surface area (Å²) >= 11 is 0. The van der Waals surface area contributed by atoms with Crippen LogP contribution in [0.3, 0.4) is 0 Å². The van der Waals surface area contributed by atoms with Crippen LogP contribution in [0.1, 0.15) is 60.5 Å². The fourth-order valence-electron chi connectivity index (χ4n) is 3.73. The van der Waals surface area contributed by atoms with Crippen molar-refractivity contribution in [1.82, 2.24) is 16.0 Å². The molecule has 1 atom stereocenters. The van der Waals surface area contributed by atoms with Gasteiger partial charge in [-0.2, -0.15) is 0 Å². The molecule has 1 fully saturated rings. The lowest BCUT2D eigenvalue weighted by Crippen LogP contribution is -2.43. The third kappa shape index (κ3) is 6.72.